The van der Waals surface area contributed by atoms with E-state index < -0.39 is 0 Å². The number of amides is 1. The second-order valence-electron chi connectivity index (χ2n) is 3.78. The molecule has 0 aromatic heterocycles. The highest BCUT2D eigenvalue weighted by molar-refractivity contribution is 5.81. The fourth-order valence-electron chi connectivity index (χ4n) is 1.58. The molecule has 1 aliphatic heterocycles. The van der Waals surface area contributed by atoms with Gasteiger partial charge in [0.15, 0.2) is 0 Å². The van der Waals surface area contributed by atoms with Crippen LogP contribution >= 0.6 is 0 Å². The molecule has 1 fully saturated rings. The number of piperazine rings is 1. The first kappa shape index (κ1) is 11.4. The minimum atomic E-state index is -0.0845. The monoisotopic (exact) mass is 201 g/mol. The number of hydrogen-bond acceptors (Lipinski definition) is 4. The van der Waals surface area contributed by atoms with Crippen LogP contribution in [0.5, 0.6) is 0 Å². The third kappa shape index (κ3) is 2.43. The van der Waals surface area contributed by atoms with Crippen LogP contribution in [0.1, 0.15) is 0 Å². The summed E-state index contributed by atoms with van der Waals surface area (Å²) in [5.74, 6) is 0.0153. The van der Waals surface area contributed by atoms with Gasteiger partial charge in [0.25, 0.3) is 5.91 Å². The molecule has 0 N–H and O–H groups in total. The molecule has 0 aromatic carbocycles. The van der Waals surface area contributed by atoms with Crippen molar-refractivity contribution in [2.75, 3.05) is 47.9 Å². The summed E-state index contributed by atoms with van der Waals surface area (Å²) >= 11 is 0. The van der Waals surface area contributed by atoms with Crippen molar-refractivity contribution < 1.29 is 9.63 Å². The number of hydrogen-bond donors (Lipinski definition) is 0. The van der Waals surface area contributed by atoms with Gasteiger partial charge in [0.1, 0.15) is 6.04 Å². The highest BCUT2D eigenvalue weighted by Crippen LogP contribution is 2.08. The molecule has 0 saturated carbocycles. The Morgan fingerprint density at radius 3 is 2.64 bits per heavy atom. The summed E-state index contributed by atoms with van der Waals surface area (Å²) in [6, 6.07) is -0.0845. The van der Waals surface area contributed by atoms with Crippen LogP contribution in [-0.2, 0) is 9.63 Å². The van der Waals surface area contributed by atoms with Gasteiger partial charge >= 0.3 is 0 Å². The average molecular weight is 201 g/mol. The Hall–Kier alpha value is -0.650. The quantitative estimate of drug-likeness (QED) is 0.551. The lowest BCUT2D eigenvalue weighted by Gasteiger charge is -2.37. The van der Waals surface area contributed by atoms with Crippen molar-refractivity contribution in [3.05, 3.63) is 0 Å². The molecule has 1 atom stereocenters. The normalized spacial score (nSPS) is 25.0. The first-order valence-corrected chi connectivity index (χ1v) is 4.76. The number of carbonyl (C=O) groups is 1. The molecule has 0 aromatic rings. The van der Waals surface area contributed by atoms with E-state index in [2.05, 4.69) is 9.80 Å². The van der Waals surface area contributed by atoms with Crippen molar-refractivity contribution in [3.63, 3.8) is 0 Å². The molecule has 1 heterocycles. The Morgan fingerprint density at radius 2 is 2.07 bits per heavy atom. The maximum atomic E-state index is 11.8. The summed E-state index contributed by atoms with van der Waals surface area (Å²) in [6.45, 7) is 2.70. The summed E-state index contributed by atoms with van der Waals surface area (Å²) in [4.78, 5) is 20.9. The van der Waals surface area contributed by atoms with E-state index in [9.17, 15) is 4.79 Å². The van der Waals surface area contributed by atoms with E-state index in [1.165, 1.54) is 12.2 Å². The van der Waals surface area contributed by atoms with Gasteiger partial charge in [-0.3, -0.25) is 14.5 Å². The van der Waals surface area contributed by atoms with Crippen molar-refractivity contribution in [3.8, 4) is 0 Å². The number of nitrogens with zero attached hydrogens (tertiary/aromatic N) is 3. The maximum absolute atomic E-state index is 11.8. The topological polar surface area (TPSA) is 36.0 Å². The van der Waals surface area contributed by atoms with Gasteiger partial charge in [-0.2, -0.15) is 0 Å². The van der Waals surface area contributed by atoms with Crippen LogP contribution in [0.15, 0.2) is 0 Å². The fourth-order valence-corrected chi connectivity index (χ4v) is 1.58. The van der Waals surface area contributed by atoms with Gasteiger partial charge in [0, 0.05) is 26.7 Å². The molecular weight excluding hydrogens is 182 g/mol. The molecule has 1 amide bonds. The second kappa shape index (κ2) is 4.72. The zero-order valence-electron chi connectivity index (χ0n) is 9.36. The van der Waals surface area contributed by atoms with Gasteiger partial charge in [-0.15, -0.1) is 0 Å². The summed E-state index contributed by atoms with van der Waals surface area (Å²) in [5.41, 5.74) is 0. The largest absolute Gasteiger partial charge is 0.303 e. The molecule has 0 spiro atoms. The minimum Gasteiger partial charge on any atom is -0.303 e. The zero-order valence-corrected chi connectivity index (χ0v) is 9.36. The molecule has 0 bridgehead atoms. The Labute approximate surface area is 85.2 Å². The van der Waals surface area contributed by atoms with Gasteiger partial charge in [-0.25, -0.2) is 5.06 Å². The number of rotatable bonds is 2. The second-order valence-corrected chi connectivity index (χ2v) is 3.78. The van der Waals surface area contributed by atoms with Crippen molar-refractivity contribution in [1.29, 1.82) is 0 Å². The lowest BCUT2D eigenvalue weighted by molar-refractivity contribution is -0.176. The molecule has 0 radical (unpaired) electrons. The van der Waals surface area contributed by atoms with E-state index in [1.807, 2.05) is 14.1 Å². The molecule has 1 aliphatic rings. The molecule has 1 saturated heterocycles. The minimum absolute atomic E-state index is 0.0153. The van der Waals surface area contributed by atoms with Gasteiger partial charge in [0.05, 0.1) is 7.11 Å². The lowest BCUT2D eigenvalue weighted by Crippen LogP contribution is -2.56. The van der Waals surface area contributed by atoms with Crippen molar-refractivity contribution in [1.82, 2.24) is 14.9 Å². The third-order valence-corrected chi connectivity index (χ3v) is 2.72. The summed E-state index contributed by atoms with van der Waals surface area (Å²) in [6.07, 6.45) is 0. The van der Waals surface area contributed by atoms with Crippen LogP contribution in [0.2, 0.25) is 0 Å². The molecule has 1 unspecified atom stereocenters. The van der Waals surface area contributed by atoms with E-state index in [0.717, 1.165) is 19.6 Å². The lowest BCUT2D eigenvalue weighted by atomic mass is 10.2. The smallest absolute Gasteiger partial charge is 0.264 e. The van der Waals surface area contributed by atoms with E-state index in [0.29, 0.717) is 0 Å². The molecule has 5 heteroatoms. The van der Waals surface area contributed by atoms with Crippen LogP contribution in [0.25, 0.3) is 0 Å². The summed E-state index contributed by atoms with van der Waals surface area (Å²) < 4.78 is 0. The number of hydroxylamine groups is 2. The number of carbonyl (C=O) groups excluding carboxylic acids is 1. The SMILES string of the molecule is CON(C)C(=O)C1CN(C)CCN1C. The van der Waals surface area contributed by atoms with Crippen LogP contribution in [0.4, 0.5) is 0 Å². The summed E-state index contributed by atoms with van der Waals surface area (Å²) in [7, 11) is 7.15. The Kier molecular flexibility index (Phi) is 3.86. The molecule has 5 nitrogen and oxygen atoms in total. The number of likely N-dealkylation sites (N-methyl/N-ethyl adjacent to an activating group) is 3. The summed E-state index contributed by atoms with van der Waals surface area (Å²) in [5, 5.41) is 1.29. The highest BCUT2D eigenvalue weighted by atomic mass is 16.7. The van der Waals surface area contributed by atoms with Gasteiger partial charge < -0.3 is 4.90 Å². The Bertz CT molecular complexity index is 210. The van der Waals surface area contributed by atoms with E-state index in [1.54, 1.807) is 7.05 Å². The average Bonchev–Trinajstić information content (AvgIpc) is 2.19. The predicted octanol–water partition coefficient (Wildman–Crippen LogP) is -0.748. The Morgan fingerprint density at radius 1 is 1.43 bits per heavy atom. The zero-order chi connectivity index (χ0) is 10.7. The Balaban J connectivity index is 2.60. The van der Waals surface area contributed by atoms with Crippen LogP contribution in [0, 0.1) is 0 Å². The molecule has 14 heavy (non-hydrogen) atoms. The first-order valence-electron chi connectivity index (χ1n) is 4.76. The van der Waals surface area contributed by atoms with Crippen LogP contribution in [-0.4, -0.2) is 74.7 Å². The molecular formula is C9H19N3O2. The van der Waals surface area contributed by atoms with Gasteiger partial charge in [-0.1, -0.05) is 0 Å². The van der Waals surface area contributed by atoms with Crippen molar-refractivity contribution in [2.24, 2.45) is 0 Å². The molecule has 1 rings (SSSR count). The van der Waals surface area contributed by atoms with E-state index in [4.69, 9.17) is 4.84 Å². The van der Waals surface area contributed by atoms with Crippen molar-refractivity contribution in [2.45, 2.75) is 6.04 Å². The van der Waals surface area contributed by atoms with Crippen molar-refractivity contribution >= 4 is 5.91 Å². The third-order valence-electron chi connectivity index (χ3n) is 2.72. The van der Waals surface area contributed by atoms with Gasteiger partial charge in [-0.05, 0) is 14.1 Å². The predicted molar refractivity (Wildman–Crippen MR) is 53.7 cm³/mol. The molecule has 82 valence electrons. The standard InChI is InChI=1S/C9H19N3O2/c1-10-5-6-11(2)8(7-10)9(13)12(3)14-4/h8H,5-7H2,1-4H3. The maximum Gasteiger partial charge on any atom is 0.264 e. The first-order chi connectivity index (χ1) is 6.56. The van der Waals surface area contributed by atoms with Gasteiger partial charge in [0.2, 0.25) is 0 Å². The van der Waals surface area contributed by atoms with Crippen LogP contribution in [0.3, 0.4) is 0 Å². The fraction of sp³-hybridized carbons (Fsp3) is 0.889. The van der Waals surface area contributed by atoms with E-state index >= 15 is 0 Å². The molecule has 0 aliphatic carbocycles. The highest BCUT2D eigenvalue weighted by Gasteiger charge is 2.30. The van der Waals surface area contributed by atoms with Crippen LogP contribution < -0.4 is 0 Å². The van der Waals surface area contributed by atoms with E-state index in [-0.39, 0.29) is 11.9 Å².